The van der Waals surface area contributed by atoms with Gasteiger partial charge in [0.2, 0.25) is 5.89 Å². The standard InChI is InChI=1S/C17H13N5O3S/c1-24-12-8-6-11(7-9-12)15-19-20-17(25-15)26-10-22-16(23)13-4-2-3-5-14(13)18-21-22/h2-9H,10H2,1H3. The van der Waals surface area contributed by atoms with Gasteiger partial charge in [-0.1, -0.05) is 17.3 Å². The fourth-order valence-electron chi connectivity index (χ4n) is 2.34. The lowest BCUT2D eigenvalue weighted by Gasteiger charge is -2.02. The van der Waals surface area contributed by atoms with Gasteiger partial charge >= 0.3 is 0 Å². The number of hydrogen-bond donors (Lipinski definition) is 0. The highest BCUT2D eigenvalue weighted by Gasteiger charge is 2.11. The third-order valence-corrected chi connectivity index (χ3v) is 4.47. The molecule has 8 nitrogen and oxygen atoms in total. The lowest BCUT2D eigenvalue weighted by Crippen LogP contribution is -2.23. The van der Waals surface area contributed by atoms with Gasteiger partial charge in [-0.2, -0.15) is 4.68 Å². The molecule has 2 heterocycles. The van der Waals surface area contributed by atoms with E-state index in [1.807, 2.05) is 30.3 Å². The molecule has 0 unspecified atom stereocenters. The van der Waals surface area contributed by atoms with Crippen LogP contribution in [0.25, 0.3) is 22.4 Å². The molecule has 0 atom stereocenters. The first kappa shape index (κ1) is 16.3. The minimum absolute atomic E-state index is 0.210. The monoisotopic (exact) mass is 367 g/mol. The highest BCUT2D eigenvalue weighted by Crippen LogP contribution is 2.25. The van der Waals surface area contributed by atoms with Crippen LogP contribution in [0.1, 0.15) is 0 Å². The van der Waals surface area contributed by atoms with Crippen molar-refractivity contribution >= 4 is 22.7 Å². The maximum absolute atomic E-state index is 12.4. The van der Waals surface area contributed by atoms with Gasteiger partial charge in [0, 0.05) is 5.56 Å². The second-order valence-electron chi connectivity index (χ2n) is 5.29. The summed E-state index contributed by atoms with van der Waals surface area (Å²) in [4.78, 5) is 12.4. The molecule has 26 heavy (non-hydrogen) atoms. The van der Waals surface area contributed by atoms with Crippen molar-refractivity contribution in [2.45, 2.75) is 11.1 Å². The molecule has 0 saturated carbocycles. The summed E-state index contributed by atoms with van der Waals surface area (Å²) in [5.74, 6) is 1.37. The summed E-state index contributed by atoms with van der Waals surface area (Å²) in [5, 5.41) is 16.9. The van der Waals surface area contributed by atoms with Gasteiger partial charge in [0.1, 0.15) is 17.1 Å². The molecule has 0 aliphatic carbocycles. The van der Waals surface area contributed by atoms with E-state index in [-0.39, 0.29) is 11.4 Å². The molecular formula is C17H13N5O3S. The Kier molecular flexibility index (Phi) is 4.36. The lowest BCUT2D eigenvalue weighted by atomic mass is 10.2. The van der Waals surface area contributed by atoms with Crippen LogP contribution in [0, 0.1) is 0 Å². The lowest BCUT2D eigenvalue weighted by molar-refractivity contribution is 0.414. The summed E-state index contributed by atoms with van der Waals surface area (Å²) in [5.41, 5.74) is 1.14. The van der Waals surface area contributed by atoms with Crippen molar-refractivity contribution in [2.24, 2.45) is 0 Å². The minimum Gasteiger partial charge on any atom is -0.497 e. The Bertz CT molecular complexity index is 1110. The quantitative estimate of drug-likeness (QED) is 0.497. The van der Waals surface area contributed by atoms with Gasteiger partial charge in [0.15, 0.2) is 0 Å². The maximum atomic E-state index is 12.4. The third-order valence-electron chi connectivity index (χ3n) is 3.68. The van der Waals surface area contributed by atoms with E-state index < -0.39 is 0 Å². The van der Waals surface area contributed by atoms with Crippen molar-refractivity contribution in [1.82, 2.24) is 25.2 Å². The first-order valence-corrected chi connectivity index (χ1v) is 8.66. The van der Waals surface area contributed by atoms with Gasteiger partial charge in [-0.15, -0.1) is 15.3 Å². The highest BCUT2D eigenvalue weighted by atomic mass is 32.2. The summed E-state index contributed by atoms with van der Waals surface area (Å²) in [7, 11) is 1.61. The summed E-state index contributed by atoms with van der Waals surface area (Å²) in [6.07, 6.45) is 0. The molecule has 0 aliphatic heterocycles. The summed E-state index contributed by atoms with van der Waals surface area (Å²) in [6.45, 7) is 0. The Balaban J connectivity index is 1.51. The number of aromatic nitrogens is 5. The van der Waals surface area contributed by atoms with E-state index in [1.54, 1.807) is 25.3 Å². The molecule has 9 heteroatoms. The predicted octanol–water partition coefficient (Wildman–Crippen LogP) is 2.60. The van der Waals surface area contributed by atoms with Gasteiger partial charge in [0.25, 0.3) is 10.8 Å². The van der Waals surface area contributed by atoms with Crippen LogP contribution in [0.5, 0.6) is 5.75 Å². The highest BCUT2D eigenvalue weighted by molar-refractivity contribution is 7.98. The van der Waals surface area contributed by atoms with Crippen molar-refractivity contribution in [2.75, 3.05) is 7.11 Å². The number of nitrogens with zero attached hydrogens (tertiary/aromatic N) is 5. The van der Waals surface area contributed by atoms with Crippen LogP contribution in [-0.2, 0) is 5.88 Å². The van der Waals surface area contributed by atoms with Crippen molar-refractivity contribution in [3.8, 4) is 17.2 Å². The Morgan fingerprint density at radius 1 is 1.08 bits per heavy atom. The molecule has 0 aliphatic rings. The normalized spacial score (nSPS) is 11.0. The summed E-state index contributed by atoms with van der Waals surface area (Å²) < 4.78 is 12.0. The number of thioether (sulfide) groups is 1. The Morgan fingerprint density at radius 3 is 2.69 bits per heavy atom. The van der Waals surface area contributed by atoms with Gasteiger partial charge in [-0.05, 0) is 48.2 Å². The van der Waals surface area contributed by atoms with E-state index in [0.717, 1.165) is 11.3 Å². The topological polar surface area (TPSA) is 95.9 Å². The number of hydrogen-bond acceptors (Lipinski definition) is 8. The molecule has 0 amide bonds. The van der Waals surface area contributed by atoms with Crippen LogP contribution in [0.2, 0.25) is 0 Å². The number of methoxy groups -OCH3 is 1. The zero-order valence-electron chi connectivity index (χ0n) is 13.7. The molecule has 4 aromatic rings. The largest absolute Gasteiger partial charge is 0.497 e. The molecule has 2 aromatic carbocycles. The maximum Gasteiger partial charge on any atom is 0.278 e. The predicted molar refractivity (Wildman–Crippen MR) is 95.9 cm³/mol. The number of rotatable bonds is 5. The van der Waals surface area contributed by atoms with Gasteiger partial charge < -0.3 is 9.15 Å². The smallest absolute Gasteiger partial charge is 0.278 e. The summed E-state index contributed by atoms with van der Waals surface area (Å²) in [6, 6.07) is 14.4. The second-order valence-corrected chi connectivity index (χ2v) is 6.18. The fraction of sp³-hybridized carbons (Fsp3) is 0.118. The SMILES string of the molecule is COc1ccc(-c2nnc(SCn3nnc4ccccc4c3=O)o2)cc1. The number of ether oxygens (including phenoxy) is 1. The Hall–Kier alpha value is -3.20. The van der Waals surface area contributed by atoms with Crippen LogP contribution < -0.4 is 10.3 Å². The molecule has 0 N–H and O–H groups in total. The fourth-order valence-corrected chi connectivity index (χ4v) is 2.98. The van der Waals surface area contributed by atoms with E-state index in [1.165, 1.54) is 16.4 Å². The van der Waals surface area contributed by atoms with Crippen molar-refractivity contribution in [3.63, 3.8) is 0 Å². The Morgan fingerprint density at radius 2 is 1.88 bits per heavy atom. The first-order valence-electron chi connectivity index (χ1n) is 7.68. The summed E-state index contributed by atoms with van der Waals surface area (Å²) >= 11 is 1.21. The van der Waals surface area contributed by atoms with Crippen molar-refractivity contribution in [3.05, 3.63) is 58.9 Å². The van der Waals surface area contributed by atoms with Gasteiger partial charge in [-0.25, -0.2) is 0 Å². The second kappa shape index (κ2) is 6.96. The van der Waals surface area contributed by atoms with E-state index in [2.05, 4.69) is 20.5 Å². The Labute approximate surface area is 151 Å². The first-order chi connectivity index (χ1) is 12.7. The van der Waals surface area contributed by atoms with Crippen molar-refractivity contribution in [1.29, 1.82) is 0 Å². The average molecular weight is 367 g/mol. The van der Waals surface area contributed by atoms with Crippen LogP contribution in [0.15, 0.2) is 63.0 Å². The third kappa shape index (κ3) is 3.16. The van der Waals surface area contributed by atoms with E-state index in [0.29, 0.717) is 22.0 Å². The minimum atomic E-state index is -0.210. The number of fused-ring (bicyclic) bond motifs is 1. The molecule has 4 rings (SSSR count). The van der Waals surface area contributed by atoms with Crippen LogP contribution in [0.3, 0.4) is 0 Å². The van der Waals surface area contributed by atoms with Crippen molar-refractivity contribution < 1.29 is 9.15 Å². The molecule has 0 spiro atoms. The molecular weight excluding hydrogens is 354 g/mol. The zero-order valence-corrected chi connectivity index (χ0v) is 14.5. The molecule has 130 valence electrons. The van der Waals surface area contributed by atoms with Crippen LogP contribution >= 0.6 is 11.8 Å². The van der Waals surface area contributed by atoms with E-state index in [4.69, 9.17) is 9.15 Å². The van der Waals surface area contributed by atoms with Gasteiger partial charge in [-0.3, -0.25) is 4.79 Å². The molecule has 2 aromatic heterocycles. The molecule has 0 fully saturated rings. The van der Waals surface area contributed by atoms with Crippen LogP contribution in [-0.4, -0.2) is 32.3 Å². The number of benzene rings is 2. The molecule has 0 saturated heterocycles. The van der Waals surface area contributed by atoms with E-state index in [9.17, 15) is 4.79 Å². The molecule has 0 bridgehead atoms. The average Bonchev–Trinajstić information content (AvgIpc) is 3.17. The molecule has 0 radical (unpaired) electrons. The van der Waals surface area contributed by atoms with E-state index >= 15 is 0 Å². The zero-order chi connectivity index (χ0) is 17.9. The van der Waals surface area contributed by atoms with Crippen LogP contribution in [0.4, 0.5) is 0 Å². The van der Waals surface area contributed by atoms with Gasteiger partial charge in [0.05, 0.1) is 12.5 Å².